The van der Waals surface area contributed by atoms with Gasteiger partial charge in [-0.15, -0.1) is 11.3 Å². The van der Waals surface area contributed by atoms with Gasteiger partial charge in [-0.05, 0) is 45.1 Å². The van der Waals surface area contributed by atoms with Gasteiger partial charge in [0.1, 0.15) is 0 Å². The molecule has 6 aromatic rings. The number of hydrogen-bond acceptors (Lipinski definition) is 1. The van der Waals surface area contributed by atoms with Crippen LogP contribution >= 0.6 is 22.9 Å². The van der Waals surface area contributed by atoms with Crippen LogP contribution in [0, 0.1) is 0 Å². The van der Waals surface area contributed by atoms with Crippen molar-refractivity contribution >= 4 is 75.4 Å². The predicted molar refractivity (Wildman–Crippen MR) is 117 cm³/mol. The van der Waals surface area contributed by atoms with Crippen molar-refractivity contribution in [3.05, 3.63) is 83.9 Å². The van der Waals surface area contributed by atoms with E-state index in [9.17, 15) is 0 Å². The van der Waals surface area contributed by atoms with E-state index in [0.29, 0.717) is 0 Å². The first kappa shape index (κ1) is 14.5. The van der Waals surface area contributed by atoms with Crippen molar-refractivity contribution in [2.75, 3.05) is 0 Å². The molecule has 0 unspecified atom stereocenters. The normalized spacial score (nSPS) is 12.0. The van der Waals surface area contributed by atoms with Crippen LogP contribution in [0.3, 0.4) is 0 Å². The molecule has 1 aromatic heterocycles. The molecule has 0 saturated heterocycles. The quantitative estimate of drug-likeness (QED) is 0.237. The van der Waals surface area contributed by atoms with E-state index in [4.69, 9.17) is 11.6 Å². The van der Waals surface area contributed by atoms with Gasteiger partial charge in [0.05, 0.1) is 5.02 Å². The average Bonchev–Trinajstić information content (AvgIpc) is 3.04. The van der Waals surface area contributed by atoms with Gasteiger partial charge in [-0.1, -0.05) is 72.3 Å². The average molecular weight is 369 g/mol. The summed E-state index contributed by atoms with van der Waals surface area (Å²) in [4.78, 5) is 0. The van der Waals surface area contributed by atoms with E-state index in [2.05, 4.69) is 78.9 Å². The van der Waals surface area contributed by atoms with E-state index in [-0.39, 0.29) is 0 Å². The van der Waals surface area contributed by atoms with Gasteiger partial charge in [-0.25, -0.2) is 0 Å². The molecule has 2 heteroatoms. The molecule has 0 radical (unpaired) electrons. The SMILES string of the molecule is Clc1cc2ccc3ccccc3c2c2sc3cc4ccccc4cc3c12. The van der Waals surface area contributed by atoms with Crippen LogP contribution in [0.4, 0.5) is 0 Å². The summed E-state index contributed by atoms with van der Waals surface area (Å²) in [6.07, 6.45) is 0. The number of rotatable bonds is 0. The Morgan fingerprint density at radius 1 is 0.577 bits per heavy atom. The topological polar surface area (TPSA) is 0 Å². The van der Waals surface area contributed by atoms with Gasteiger partial charge >= 0.3 is 0 Å². The molecule has 0 saturated carbocycles. The summed E-state index contributed by atoms with van der Waals surface area (Å²) in [5, 5.41) is 10.9. The van der Waals surface area contributed by atoms with Crippen LogP contribution in [0.2, 0.25) is 5.02 Å². The van der Waals surface area contributed by atoms with E-state index >= 15 is 0 Å². The minimum Gasteiger partial charge on any atom is -0.134 e. The molecule has 0 aliphatic carbocycles. The molecule has 0 bridgehead atoms. The number of benzene rings is 5. The van der Waals surface area contributed by atoms with Crippen molar-refractivity contribution in [3.8, 4) is 0 Å². The first-order chi connectivity index (χ1) is 12.8. The molecule has 0 amide bonds. The first-order valence-electron chi connectivity index (χ1n) is 8.64. The smallest absolute Gasteiger partial charge is 0.0505 e. The van der Waals surface area contributed by atoms with Crippen LogP contribution in [0.15, 0.2) is 78.9 Å². The summed E-state index contributed by atoms with van der Waals surface area (Å²) in [7, 11) is 0. The third-order valence-electron chi connectivity index (χ3n) is 5.27. The Balaban J connectivity index is 1.92. The molecule has 0 atom stereocenters. The maximum atomic E-state index is 6.77. The zero-order valence-electron chi connectivity index (χ0n) is 13.8. The highest BCUT2D eigenvalue weighted by Crippen LogP contribution is 2.45. The highest BCUT2D eigenvalue weighted by atomic mass is 35.5. The Kier molecular flexibility index (Phi) is 2.91. The van der Waals surface area contributed by atoms with Crippen LogP contribution in [0.5, 0.6) is 0 Å². The van der Waals surface area contributed by atoms with Crippen molar-refractivity contribution < 1.29 is 0 Å². The molecule has 26 heavy (non-hydrogen) atoms. The van der Waals surface area contributed by atoms with E-state index in [1.807, 2.05) is 11.3 Å². The minimum absolute atomic E-state index is 0.837. The molecule has 0 aliphatic rings. The lowest BCUT2D eigenvalue weighted by Crippen LogP contribution is -1.79. The molecule has 5 aromatic carbocycles. The van der Waals surface area contributed by atoms with Crippen LogP contribution in [-0.4, -0.2) is 0 Å². The third-order valence-corrected chi connectivity index (χ3v) is 6.73. The van der Waals surface area contributed by atoms with E-state index in [1.54, 1.807) is 0 Å². The highest BCUT2D eigenvalue weighted by molar-refractivity contribution is 7.27. The standard InChI is InChI=1S/C24H13ClS/c25-20-12-17-10-9-14-5-3-4-8-18(14)22(17)24-23(20)19-11-15-6-1-2-7-16(15)13-21(19)26-24/h1-13H. The number of fused-ring (bicyclic) bond motifs is 8. The first-order valence-corrected chi connectivity index (χ1v) is 9.84. The van der Waals surface area contributed by atoms with Crippen LogP contribution in [0.1, 0.15) is 0 Å². The molecule has 0 aliphatic heterocycles. The molecular weight excluding hydrogens is 356 g/mol. The lowest BCUT2D eigenvalue weighted by molar-refractivity contribution is 1.80. The zero-order chi connectivity index (χ0) is 17.3. The van der Waals surface area contributed by atoms with Gasteiger partial charge in [0.25, 0.3) is 0 Å². The molecule has 122 valence electrons. The second kappa shape index (κ2) is 5.20. The fourth-order valence-corrected chi connectivity index (χ4v) is 5.76. The maximum absolute atomic E-state index is 6.77. The molecule has 0 fully saturated rings. The Morgan fingerprint density at radius 3 is 2.12 bits per heavy atom. The Bertz CT molecular complexity index is 1490. The summed E-state index contributed by atoms with van der Waals surface area (Å²) in [6.45, 7) is 0. The number of hydrogen-bond donors (Lipinski definition) is 0. The molecule has 0 nitrogen and oxygen atoms in total. The van der Waals surface area contributed by atoms with Gasteiger partial charge < -0.3 is 0 Å². The molecule has 1 heterocycles. The minimum atomic E-state index is 0.837. The van der Waals surface area contributed by atoms with Crippen molar-refractivity contribution in [1.82, 2.24) is 0 Å². The fourth-order valence-electron chi connectivity index (χ4n) is 4.07. The van der Waals surface area contributed by atoms with Crippen molar-refractivity contribution in [2.24, 2.45) is 0 Å². The molecule has 0 spiro atoms. The molecule has 0 N–H and O–H groups in total. The second-order valence-corrected chi connectivity index (χ2v) is 8.20. The van der Waals surface area contributed by atoms with Gasteiger partial charge in [-0.2, -0.15) is 0 Å². The number of halogens is 1. The Labute approximate surface area is 159 Å². The second-order valence-electron chi connectivity index (χ2n) is 6.74. The summed E-state index contributed by atoms with van der Waals surface area (Å²) >= 11 is 8.62. The van der Waals surface area contributed by atoms with E-state index < -0.39 is 0 Å². The van der Waals surface area contributed by atoms with Gasteiger partial charge in [0.15, 0.2) is 0 Å². The molecular formula is C24H13ClS. The van der Waals surface area contributed by atoms with Crippen molar-refractivity contribution in [2.45, 2.75) is 0 Å². The highest BCUT2D eigenvalue weighted by Gasteiger charge is 2.15. The molecule has 6 rings (SSSR count). The lowest BCUT2D eigenvalue weighted by atomic mass is 9.99. The van der Waals surface area contributed by atoms with Crippen LogP contribution in [0.25, 0.3) is 52.5 Å². The van der Waals surface area contributed by atoms with Gasteiger partial charge in [-0.3, -0.25) is 0 Å². The van der Waals surface area contributed by atoms with Crippen LogP contribution in [-0.2, 0) is 0 Å². The summed E-state index contributed by atoms with van der Waals surface area (Å²) in [5.74, 6) is 0. The third kappa shape index (κ3) is 1.90. The maximum Gasteiger partial charge on any atom is 0.0505 e. The van der Waals surface area contributed by atoms with Crippen molar-refractivity contribution in [1.29, 1.82) is 0 Å². The van der Waals surface area contributed by atoms with Gasteiger partial charge in [0.2, 0.25) is 0 Å². The summed E-state index contributed by atoms with van der Waals surface area (Å²) in [6, 6.07) is 28.2. The monoisotopic (exact) mass is 368 g/mol. The fraction of sp³-hybridized carbons (Fsp3) is 0. The predicted octanol–water partition coefficient (Wildman–Crippen LogP) is 8.17. The summed E-state index contributed by atoms with van der Waals surface area (Å²) in [5.41, 5.74) is 0. The van der Waals surface area contributed by atoms with Crippen LogP contribution < -0.4 is 0 Å². The Morgan fingerprint density at radius 2 is 1.27 bits per heavy atom. The summed E-state index contributed by atoms with van der Waals surface area (Å²) < 4.78 is 2.58. The zero-order valence-corrected chi connectivity index (χ0v) is 15.4. The largest absolute Gasteiger partial charge is 0.134 e. The van der Waals surface area contributed by atoms with Crippen molar-refractivity contribution in [3.63, 3.8) is 0 Å². The van der Waals surface area contributed by atoms with Gasteiger partial charge in [0, 0.05) is 25.6 Å². The Hall–Kier alpha value is -2.61. The number of thiophene rings is 1. The lowest BCUT2D eigenvalue weighted by Gasteiger charge is -2.07. The van der Waals surface area contributed by atoms with E-state index in [1.165, 1.54) is 52.5 Å². The van der Waals surface area contributed by atoms with E-state index in [0.717, 1.165) is 5.02 Å².